The first kappa shape index (κ1) is 15.9. The second-order valence-corrected chi connectivity index (χ2v) is 6.14. The maximum absolute atomic E-state index is 13.1. The Kier molecular flexibility index (Phi) is 4.91. The summed E-state index contributed by atoms with van der Waals surface area (Å²) >= 11 is 5.77. The summed E-state index contributed by atoms with van der Waals surface area (Å²) in [7, 11) is -4.05. The number of nitriles is 1. The molecule has 0 bridgehead atoms. The molecule has 1 N–H and O–H groups in total. The Morgan fingerprint density at radius 3 is 2.47 bits per heavy atom. The summed E-state index contributed by atoms with van der Waals surface area (Å²) in [4.78, 5) is -0.365. The first-order valence-corrected chi connectivity index (χ1v) is 7.56. The van der Waals surface area contributed by atoms with Gasteiger partial charge in [-0.2, -0.15) is 9.98 Å². The monoisotopic (exact) mass is 304 g/mol. The van der Waals surface area contributed by atoms with E-state index in [4.69, 9.17) is 16.9 Å². The number of rotatable bonds is 5. The highest BCUT2D eigenvalue weighted by Gasteiger charge is 2.33. The van der Waals surface area contributed by atoms with Crippen molar-refractivity contribution in [3.63, 3.8) is 0 Å². The summed E-state index contributed by atoms with van der Waals surface area (Å²) in [5.41, 5.74) is -1.21. The molecule has 4 nitrogen and oxygen atoms in total. The van der Waals surface area contributed by atoms with Crippen LogP contribution in [0.25, 0.3) is 0 Å². The van der Waals surface area contributed by atoms with Crippen LogP contribution in [-0.2, 0) is 10.0 Å². The van der Waals surface area contributed by atoms with Gasteiger partial charge in [-0.3, -0.25) is 0 Å². The SMILES string of the molecule is CCC(C#N)(CC)NS(=O)(=O)c1cc(F)ccc1Cl. The molecule has 0 aliphatic heterocycles. The smallest absolute Gasteiger partial charge is 0.207 e. The standard InChI is InChI=1S/C12H14ClFN2O2S/c1-3-12(4-2,8-15)16-19(17,18)11-7-9(14)5-6-10(11)13/h5-7,16H,3-4H2,1-2H3. The minimum absolute atomic E-state index is 0.0899. The summed E-state index contributed by atoms with van der Waals surface area (Å²) in [6.45, 7) is 3.39. The molecule has 1 rings (SSSR count). The number of nitrogens with one attached hydrogen (secondary N) is 1. The van der Waals surface area contributed by atoms with Crippen LogP contribution >= 0.6 is 11.6 Å². The van der Waals surface area contributed by atoms with Crippen molar-refractivity contribution in [3.8, 4) is 6.07 Å². The van der Waals surface area contributed by atoms with Gasteiger partial charge in [0.1, 0.15) is 16.3 Å². The highest BCUT2D eigenvalue weighted by molar-refractivity contribution is 7.89. The number of sulfonamides is 1. The minimum atomic E-state index is -4.05. The maximum Gasteiger partial charge on any atom is 0.243 e. The number of halogens is 2. The average Bonchev–Trinajstić information content (AvgIpc) is 2.39. The lowest BCUT2D eigenvalue weighted by Crippen LogP contribution is -2.46. The van der Waals surface area contributed by atoms with Gasteiger partial charge in [0.15, 0.2) is 0 Å². The van der Waals surface area contributed by atoms with Crippen molar-refractivity contribution in [2.45, 2.75) is 37.1 Å². The van der Waals surface area contributed by atoms with Gasteiger partial charge in [0.2, 0.25) is 10.0 Å². The van der Waals surface area contributed by atoms with Crippen LogP contribution in [0.4, 0.5) is 4.39 Å². The number of benzene rings is 1. The molecule has 1 aromatic carbocycles. The molecule has 0 heterocycles. The molecule has 0 aliphatic carbocycles. The Bertz CT molecular complexity index is 607. The van der Waals surface area contributed by atoms with Gasteiger partial charge < -0.3 is 0 Å². The topological polar surface area (TPSA) is 70.0 Å². The van der Waals surface area contributed by atoms with Crippen LogP contribution in [-0.4, -0.2) is 14.0 Å². The summed E-state index contributed by atoms with van der Waals surface area (Å²) < 4.78 is 39.8. The summed E-state index contributed by atoms with van der Waals surface area (Å²) in [6, 6.07) is 5.01. The van der Waals surface area contributed by atoms with Crippen LogP contribution in [0.2, 0.25) is 5.02 Å². The zero-order valence-corrected chi connectivity index (χ0v) is 12.1. The van der Waals surface area contributed by atoms with Gasteiger partial charge in [0.05, 0.1) is 11.1 Å². The Morgan fingerprint density at radius 2 is 2.00 bits per heavy atom. The average molecular weight is 305 g/mol. The highest BCUT2D eigenvalue weighted by Crippen LogP contribution is 2.25. The molecule has 7 heteroatoms. The molecule has 0 unspecified atom stereocenters. The van der Waals surface area contributed by atoms with E-state index in [2.05, 4.69) is 4.72 Å². The van der Waals surface area contributed by atoms with E-state index >= 15 is 0 Å². The zero-order chi connectivity index (χ0) is 14.7. The maximum atomic E-state index is 13.1. The third-order valence-corrected chi connectivity index (χ3v) is 4.95. The molecule has 0 radical (unpaired) electrons. The van der Waals surface area contributed by atoms with Gasteiger partial charge in [-0.15, -0.1) is 0 Å². The quantitative estimate of drug-likeness (QED) is 0.909. The van der Waals surface area contributed by atoms with Crippen LogP contribution < -0.4 is 4.72 Å². The molecule has 0 saturated carbocycles. The Hall–Kier alpha value is -1.16. The zero-order valence-electron chi connectivity index (χ0n) is 10.6. The van der Waals surface area contributed by atoms with Gasteiger partial charge in [0, 0.05) is 0 Å². The summed E-state index contributed by atoms with van der Waals surface area (Å²) in [5.74, 6) is -0.708. The third kappa shape index (κ3) is 3.44. The fraction of sp³-hybridized carbons (Fsp3) is 0.417. The van der Waals surface area contributed by atoms with Gasteiger partial charge in [-0.05, 0) is 31.0 Å². The molecule has 104 valence electrons. The number of hydrogen-bond acceptors (Lipinski definition) is 3. The van der Waals surface area contributed by atoms with E-state index in [1.54, 1.807) is 13.8 Å². The van der Waals surface area contributed by atoms with E-state index in [0.29, 0.717) is 12.8 Å². The van der Waals surface area contributed by atoms with E-state index in [9.17, 15) is 12.8 Å². The summed E-state index contributed by atoms with van der Waals surface area (Å²) in [6.07, 6.45) is 0.596. The fourth-order valence-corrected chi connectivity index (χ4v) is 3.54. The molecule has 0 atom stereocenters. The van der Waals surface area contributed by atoms with Crippen molar-refractivity contribution in [1.29, 1.82) is 5.26 Å². The minimum Gasteiger partial charge on any atom is -0.207 e. The highest BCUT2D eigenvalue weighted by atomic mass is 35.5. The largest absolute Gasteiger partial charge is 0.243 e. The van der Waals surface area contributed by atoms with Crippen LogP contribution in [0.5, 0.6) is 0 Å². The number of hydrogen-bond donors (Lipinski definition) is 1. The van der Waals surface area contributed by atoms with E-state index in [0.717, 1.165) is 18.2 Å². The van der Waals surface area contributed by atoms with E-state index < -0.39 is 21.4 Å². The fourth-order valence-electron chi connectivity index (χ4n) is 1.57. The van der Waals surface area contributed by atoms with Gasteiger partial charge in [0.25, 0.3) is 0 Å². The lowest BCUT2D eigenvalue weighted by molar-refractivity contribution is 0.446. The lowest BCUT2D eigenvalue weighted by Gasteiger charge is -2.24. The van der Waals surface area contributed by atoms with Crippen LogP contribution in [0.15, 0.2) is 23.1 Å². The van der Waals surface area contributed by atoms with Crippen LogP contribution in [0.3, 0.4) is 0 Å². The first-order valence-electron chi connectivity index (χ1n) is 5.70. The van der Waals surface area contributed by atoms with Crippen molar-refractivity contribution < 1.29 is 12.8 Å². The van der Waals surface area contributed by atoms with E-state index in [1.165, 1.54) is 0 Å². The second-order valence-electron chi connectivity index (χ2n) is 4.08. The predicted octanol–water partition coefficient (Wildman–Crippen LogP) is 2.84. The molecule has 0 saturated heterocycles. The first-order chi connectivity index (χ1) is 8.80. The van der Waals surface area contributed by atoms with E-state index in [1.807, 2.05) is 6.07 Å². The van der Waals surface area contributed by atoms with Gasteiger partial charge in [-0.1, -0.05) is 25.4 Å². The summed E-state index contributed by atoms with van der Waals surface area (Å²) in [5, 5.41) is 9.04. The molecule has 19 heavy (non-hydrogen) atoms. The Labute approximate surface area is 117 Å². The molecule has 0 aliphatic rings. The van der Waals surface area contributed by atoms with Crippen molar-refractivity contribution in [3.05, 3.63) is 29.0 Å². The Morgan fingerprint density at radius 1 is 1.42 bits per heavy atom. The molecule has 0 amide bonds. The van der Waals surface area contributed by atoms with Gasteiger partial charge >= 0.3 is 0 Å². The lowest BCUT2D eigenvalue weighted by atomic mass is 9.97. The van der Waals surface area contributed by atoms with Crippen LogP contribution in [0, 0.1) is 17.1 Å². The second kappa shape index (κ2) is 5.87. The Balaban J connectivity index is 3.26. The molecule has 0 fully saturated rings. The van der Waals surface area contributed by atoms with E-state index in [-0.39, 0.29) is 9.92 Å². The van der Waals surface area contributed by atoms with Crippen molar-refractivity contribution in [1.82, 2.24) is 4.72 Å². The number of nitrogens with zero attached hydrogens (tertiary/aromatic N) is 1. The van der Waals surface area contributed by atoms with Crippen molar-refractivity contribution >= 4 is 21.6 Å². The molecule has 1 aromatic rings. The molecule has 0 aromatic heterocycles. The molecular weight excluding hydrogens is 291 g/mol. The normalized spacial score (nSPS) is 12.2. The van der Waals surface area contributed by atoms with Crippen molar-refractivity contribution in [2.75, 3.05) is 0 Å². The molecular formula is C12H14ClFN2O2S. The van der Waals surface area contributed by atoms with Crippen LogP contribution in [0.1, 0.15) is 26.7 Å². The van der Waals surface area contributed by atoms with Crippen molar-refractivity contribution in [2.24, 2.45) is 0 Å². The third-order valence-electron chi connectivity index (χ3n) is 2.93. The molecule has 0 spiro atoms. The van der Waals surface area contributed by atoms with Gasteiger partial charge in [-0.25, -0.2) is 12.8 Å². The predicted molar refractivity (Wildman–Crippen MR) is 70.7 cm³/mol.